The van der Waals surface area contributed by atoms with E-state index >= 15 is 0 Å². The molecule has 2 aliphatic rings. The van der Waals surface area contributed by atoms with Gasteiger partial charge in [-0.15, -0.1) is 10.2 Å². The molecule has 0 radical (unpaired) electrons. The van der Waals surface area contributed by atoms with E-state index in [0.29, 0.717) is 5.41 Å². The highest BCUT2D eigenvalue weighted by Crippen LogP contribution is 2.43. The second-order valence-electron chi connectivity index (χ2n) is 5.64. The van der Waals surface area contributed by atoms with Gasteiger partial charge in [-0.1, -0.05) is 6.42 Å². The van der Waals surface area contributed by atoms with E-state index in [0.717, 1.165) is 37.8 Å². The van der Waals surface area contributed by atoms with Gasteiger partial charge < -0.3 is 9.64 Å². The molecule has 0 N–H and O–H groups in total. The van der Waals surface area contributed by atoms with Crippen LogP contribution in [0.1, 0.15) is 19.3 Å². The van der Waals surface area contributed by atoms with Crippen molar-refractivity contribution in [3.63, 3.8) is 0 Å². The van der Waals surface area contributed by atoms with Crippen molar-refractivity contribution in [3.05, 3.63) is 18.7 Å². The molecule has 1 saturated heterocycles. The first-order valence-electron chi connectivity index (χ1n) is 6.83. The lowest BCUT2D eigenvalue weighted by atomic mass is 9.69. The summed E-state index contributed by atoms with van der Waals surface area (Å²) in [6.45, 7) is 3.55. The van der Waals surface area contributed by atoms with E-state index in [9.17, 15) is 0 Å². The van der Waals surface area contributed by atoms with Crippen LogP contribution in [0, 0.1) is 5.41 Å². The summed E-state index contributed by atoms with van der Waals surface area (Å²) in [6.07, 6.45) is 9.25. The summed E-state index contributed by atoms with van der Waals surface area (Å²) in [6, 6.07) is 0. The number of hydrogen-bond acceptors (Lipinski definition) is 5. The Kier molecular flexibility index (Phi) is 2.44. The average Bonchev–Trinajstić information content (AvgIpc) is 2.74. The highest BCUT2D eigenvalue weighted by molar-refractivity contribution is 5.63. The van der Waals surface area contributed by atoms with Gasteiger partial charge in [0.2, 0.25) is 5.65 Å². The summed E-state index contributed by atoms with van der Waals surface area (Å²) >= 11 is 0. The third-order valence-corrected chi connectivity index (χ3v) is 4.35. The summed E-state index contributed by atoms with van der Waals surface area (Å²) in [4.78, 5) is 6.83. The fraction of sp³-hybridized carbons (Fsp3) is 0.615. The number of rotatable bonds is 1. The highest BCUT2D eigenvalue weighted by atomic mass is 16.5. The van der Waals surface area contributed by atoms with E-state index in [4.69, 9.17) is 4.74 Å². The molecule has 1 spiro atoms. The smallest absolute Gasteiger partial charge is 0.203 e. The zero-order valence-corrected chi connectivity index (χ0v) is 10.8. The molecule has 6 heteroatoms. The first-order chi connectivity index (χ1) is 9.36. The van der Waals surface area contributed by atoms with Crippen LogP contribution >= 0.6 is 0 Å². The van der Waals surface area contributed by atoms with Crippen molar-refractivity contribution in [1.82, 2.24) is 19.6 Å². The Balaban J connectivity index is 1.72. The largest absolute Gasteiger partial charge is 0.379 e. The second-order valence-corrected chi connectivity index (χ2v) is 5.64. The Labute approximate surface area is 111 Å². The Morgan fingerprint density at radius 3 is 3.11 bits per heavy atom. The van der Waals surface area contributed by atoms with Gasteiger partial charge in [-0.2, -0.15) is 0 Å². The van der Waals surface area contributed by atoms with Crippen LogP contribution in [-0.4, -0.2) is 45.9 Å². The lowest BCUT2D eigenvalue weighted by Crippen LogP contribution is -2.43. The maximum atomic E-state index is 5.79. The Bertz CT molecular complexity index is 591. The third kappa shape index (κ3) is 1.78. The van der Waals surface area contributed by atoms with E-state index in [1.54, 1.807) is 6.33 Å². The molecule has 2 aromatic heterocycles. The summed E-state index contributed by atoms with van der Waals surface area (Å²) in [5.41, 5.74) is 1.17. The van der Waals surface area contributed by atoms with Gasteiger partial charge in [-0.05, 0) is 12.8 Å². The number of fused-ring (bicyclic) bond motifs is 1. The first kappa shape index (κ1) is 11.2. The summed E-state index contributed by atoms with van der Waals surface area (Å²) in [7, 11) is 0. The van der Waals surface area contributed by atoms with Crippen LogP contribution in [0.5, 0.6) is 0 Å². The maximum Gasteiger partial charge on any atom is 0.203 e. The van der Waals surface area contributed by atoms with Crippen LogP contribution in [0.2, 0.25) is 0 Å². The maximum absolute atomic E-state index is 5.79. The van der Waals surface area contributed by atoms with Crippen molar-refractivity contribution < 1.29 is 4.74 Å². The molecule has 0 unspecified atom stereocenters. The molecule has 1 saturated carbocycles. The van der Waals surface area contributed by atoms with Crippen molar-refractivity contribution in [2.45, 2.75) is 19.3 Å². The van der Waals surface area contributed by atoms with Crippen molar-refractivity contribution >= 4 is 11.5 Å². The second kappa shape index (κ2) is 4.16. The molecule has 0 aromatic carbocycles. The predicted molar refractivity (Wildman–Crippen MR) is 70.1 cm³/mol. The molecule has 1 aliphatic heterocycles. The number of anilines is 1. The van der Waals surface area contributed by atoms with Crippen molar-refractivity contribution in [1.29, 1.82) is 0 Å². The highest BCUT2D eigenvalue weighted by Gasteiger charge is 2.40. The van der Waals surface area contributed by atoms with Crippen molar-refractivity contribution in [3.8, 4) is 0 Å². The van der Waals surface area contributed by atoms with Gasteiger partial charge in [-0.3, -0.25) is 4.40 Å². The Hall–Kier alpha value is -1.69. The third-order valence-electron chi connectivity index (χ3n) is 4.35. The monoisotopic (exact) mass is 259 g/mol. The van der Waals surface area contributed by atoms with Gasteiger partial charge >= 0.3 is 0 Å². The molecule has 100 valence electrons. The van der Waals surface area contributed by atoms with E-state index < -0.39 is 0 Å². The molecule has 2 aromatic rings. The number of ether oxygens (including phenoxy) is 1. The molecule has 1 aliphatic carbocycles. The molecule has 0 atom stereocenters. The quantitative estimate of drug-likeness (QED) is 0.768. The minimum absolute atomic E-state index is 0.338. The SMILES string of the molecule is c1cn2cnnc2c(N2CCOCC3(CCC3)C2)n1. The predicted octanol–water partition coefficient (Wildman–Crippen LogP) is 1.13. The Morgan fingerprint density at radius 1 is 1.32 bits per heavy atom. The van der Waals surface area contributed by atoms with Crippen LogP contribution in [0.3, 0.4) is 0 Å². The molecule has 2 fully saturated rings. The van der Waals surface area contributed by atoms with Crippen LogP contribution < -0.4 is 4.90 Å². The van der Waals surface area contributed by atoms with Gasteiger partial charge in [0.15, 0.2) is 5.82 Å². The minimum atomic E-state index is 0.338. The molecule has 6 nitrogen and oxygen atoms in total. The number of hydrogen-bond donors (Lipinski definition) is 0. The fourth-order valence-corrected chi connectivity index (χ4v) is 3.12. The van der Waals surface area contributed by atoms with Crippen molar-refractivity contribution in [2.24, 2.45) is 5.41 Å². The topological polar surface area (TPSA) is 55.5 Å². The van der Waals surface area contributed by atoms with Crippen molar-refractivity contribution in [2.75, 3.05) is 31.2 Å². The zero-order chi connectivity index (χ0) is 12.7. The van der Waals surface area contributed by atoms with Gasteiger partial charge in [0.25, 0.3) is 0 Å². The first-order valence-corrected chi connectivity index (χ1v) is 6.83. The Morgan fingerprint density at radius 2 is 2.26 bits per heavy atom. The van der Waals surface area contributed by atoms with E-state index in [1.165, 1.54) is 19.3 Å². The fourth-order valence-electron chi connectivity index (χ4n) is 3.12. The lowest BCUT2D eigenvalue weighted by molar-refractivity contribution is 0.0187. The molecule has 0 amide bonds. The standard InChI is InChI=1S/C13H17N5O/c1-2-13(3-1)8-17(6-7-19-9-13)11-12-16-15-10-18(12)5-4-14-11/h4-5,10H,1-3,6-9H2. The summed E-state index contributed by atoms with van der Waals surface area (Å²) in [5, 5.41) is 8.15. The molecule has 19 heavy (non-hydrogen) atoms. The van der Waals surface area contributed by atoms with Crippen LogP contribution in [0.25, 0.3) is 5.65 Å². The molecule has 4 rings (SSSR count). The molecule has 3 heterocycles. The van der Waals surface area contributed by atoms with Gasteiger partial charge in [0, 0.05) is 30.9 Å². The van der Waals surface area contributed by atoms with Crippen LogP contribution in [0.4, 0.5) is 5.82 Å². The normalized spacial score (nSPS) is 22.4. The van der Waals surface area contributed by atoms with E-state index in [2.05, 4.69) is 20.1 Å². The minimum Gasteiger partial charge on any atom is -0.379 e. The van der Waals surface area contributed by atoms with Gasteiger partial charge in [0.1, 0.15) is 6.33 Å². The summed E-state index contributed by atoms with van der Waals surface area (Å²) < 4.78 is 7.70. The molecular weight excluding hydrogens is 242 g/mol. The lowest BCUT2D eigenvalue weighted by Gasteiger charge is -2.42. The zero-order valence-electron chi connectivity index (χ0n) is 10.8. The van der Waals surface area contributed by atoms with Gasteiger partial charge in [-0.25, -0.2) is 4.98 Å². The molecular formula is C13H17N5O. The average molecular weight is 259 g/mol. The number of aromatic nitrogens is 4. The molecule has 0 bridgehead atoms. The van der Waals surface area contributed by atoms with Crippen LogP contribution in [-0.2, 0) is 4.74 Å². The van der Waals surface area contributed by atoms with E-state index in [-0.39, 0.29) is 0 Å². The van der Waals surface area contributed by atoms with Gasteiger partial charge in [0.05, 0.1) is 13.2 Å². The van der Waals surface area contributed by atoms with E-state index in [1.807, 2.05) is 16.8 Å². The summed E-state index contributed by atoms with van der Waals surface area (Å²) in [5.74, 6) is 0.928. The van der Waals surface area contributed by atoms with Crippen LogP contribution in [0.15, 0.2) is 18.7 Å². The number of nitrogens with zero attached hydrogens (tertiary/aromatic N) is 5.